The Kier molecular flexibility index (Phi) is 2.74. The lowest BCUT2D eigenvalue weighted by molar-refractivity contribution is -0.118. The smallest absolute Gasteiger partial charge is 0.193 e. The molecule has 2 nitrogen and oxygen atoms in total. The Bertz CT molecular complexity index is 837. The van der Waals surface area contributed by atoms with Crippen molar-refractivity contribution in [3.8, 4) is 12.3 Å². The number of hydrogen-bond donors (Lipinski definition) is 0. The summed E-state index contributed by atoms with van der Waals surface area (Å²) in [6, 6.07) is 5.33. The van der Waals surface area contributed by atoms with Gasteiger partial charge in [-0.1, -0.05) is 29.7 Å². The number of halogens is 1. The molecule has 1 aromatic rings. The molecule has 0 N–H and O–H groups in total. The third kappa shape index (κ3) is 1.69. The Labute approximate surface area is 133 Å². The second kappa shape index (κ2) is 4.44. The average Bonchev–Trinajstić information content (AvgIpc) is 3.24. The third-order valence-corrected chi connectivity index (χ3v) is 5.22. The van der Waals surface area contributed by atoms with Crippen molar-refractivity contribution in [1.82, 2.24) is 0 Å². The van der Waals surface area contributed by atoms with Crippen LogP contribution in [0.2, 0.25) is 5.02 Å². The van der Waals surface area contributed by atoms with Crippen molar-refractivity contribution >= 4 is 29.2 Å². The zero-order valence-electron chi connectivity index (χ0n) is 12.0. The van der Waals surface area contributed by atoms with Gasteiger partial charge in [0.1, 0.15) is 5.78 Å². The van der Waals surface area contributed by atoms with Gasteiger partial charge in [0.15, 0.2) is 5.78 Å². The molecule has 4 atom stereocenters. The molecule has 3 heteroatoms. The zero-order valence-corrected chi connectivity index (χ0v) is 12.7. The third-order valence-electron chi connectivity index (χ3n) is 4.98. The van der Waals surface area contributed by atoms with Crippen molar-refractivity contribution < 1.29 is 9.59 Å². The second-order valence-corrected chi connectivity index (χ2v) is 6.61. The molecular formula is C19H13ClO2. The van der Waals surface area contributed by atoms with E-state index in [1.807, 2.05) is 18.2 Å². The highest BCUT2D eigenvalue weighted by molar-refractivity contribution is 6.31. The maximum absolute atomic E-state index is 12.8. The van der Waals surface area contributed by atoms with Gasteiger partial charge in [0.25, 0.3) is 0 Å². The molecule has 1 saturated carbocycles. The summed E-state index contributed by atoms with van der Waals surface area (Å²) in [5.74, 6) is 2.89. The van der Waals surface area contributed by atoms with E-state index in [4.69, 9.17) is 18.0 Å². The van der Waals surface area contributed by atoms with Gasteiger partial charge < -0.3 is 0 Å². The standard InChI is InChI=1S/C19H13ClO2/c1-3-10-6-15-14(18-16(9(2)21)17(10)18)7-11-4-5-12(20)8-13(11)19(15)22/h1,4-8,10,16-18H,2H3/t10-,16+,17+,18-/m1/s1. The predicted molar refractivity (Wildman–Crippen MR) is 85.3 cm³/mol. The number of carbonyl (C=O) groups is 2. The van der Waals surface area contributed by atoms with Crippen LogP contribution in [0.15, 0.2) is 35.4 Å². The van der Waals surface area contributed by atoms with Gasteiger partial charge in [0, 0.05) is 28.0 Å². The van der Waals surface area contributed by atoms with Gasteiger partial charge >= 0.3 is 0 Å². The van der Waals surface area contributed by atoms with Gasteiger partial charge in [0.2, 0.25) is 0 Å². The number of benzene rings is 1. The summed E-state index contributed by atoms with van der Waals surface area (Å²) in [5, 5.41) is 0.541. The van der Waals surface area contributed by atoms with Gasteiger partial charge in [-0.05, 0) is 48.1 Å². The lowest BCUT2D eigenvalue weighted by Crippen LogP contribution is -2.19. The number of allylic oxidation sites excluding steroid dienone is 3. The molecular weight excluding hydrogens is 296 g/mol. The minimum Gasteiger partial charge on any atom is -0.300 e. The van der Waals surface area contributed by atoms with E-state index < -0.39 is 0 Å². The fourth-order valence-electron chi connectivity index (χ4n) is 3.98. The SMILES string of the molecule is C#C[C@@H]1C=C2C(=O)c3cc(Cl)ccc3C=C2[C@@H]2[C@@H](C(C)=O)[C@@H]21. The summed E-state index contributed by atoms with van der Waals surface area (Å²) in [4.78, 5) is 24.6. The summed E-state index contributed by atoms with van der Waals surface area (Å²) in [6.45, 7) is 1.61. The molecule has 0 bridgehead atoms. The highest BCUT2D eigenvalue weighted by atomic mass is 35.5. The first-order valence-electron chi connectivity index (χ1n) is 7.27. The number of Topliss-reactive ketones (excluding diaryl/α,β-unsaturated/α-hetero) is 2. The molecule has 1 aromatic carbocycles. The van der Waals surface area contributed by atoms with Crippen molar-refractivity contribution in [3.63, 3.8) is 0 Å². The second-order valence-electron chi connectivity index (χ2n) is 6.17. The largest absolute Gasteiger partial charge is 0.300 e. The Morgan fingerprint density at radius 2 is 2.14 bits per heavy atom. The van der Waals surface area contributed by atoms with Crippen LogP contribution in [0.3, 0.4) is 0 Å². The minimum atomic E-state index is -0.143. The monoisotopic (exact) mass is 308 g/mol. The van der Waals surface area contributed by atoms with Crippen LogP contribution in [0.5, 0.6) is 0 Å². The van der Waals surface area contributed by atoms with E-state index in [-0.39, 0.29) is 35.2 Å². The molecule has 108 valence electrons. The van der Waals surface area contributed by atoms with Crippen LogP contribution in [0.25, 0.3) is 6.08 Å². The minimum absolute atomic E-state index is 0.0390. The van der Waals surface area contributed by atoms with E-state index in [0.717, 1.165) is 11.1 Å². The van der Waals surface area contributed by atoms with Crippen molar-refractivity contribution in [1.29, 1.82) is 0 Å². The summed E-state index contributed by atoms with van der Waals surface area (Å²) in [6.07, 6.45) is 9.49. The number of carbonyl (C=O) groups excluding carboxylic acids is 2. The molecule has 0 aromatic heterocycles. The normalized spacial score (nSPS) is 31.0. The predicted octanol–water partition coefficient (Wildman–Crippen LogP) is 3.56. The quantitative estimate of drug-likeness (QED) is 0.743. The van der Waals surface area contributed by atoms with E-state index >= 15 is 0 Å². The summed E-state index contributed by atoms with van der Waals surface area (Å²) in [7, 11) is 0. The lowest BCUT2D eigenvalue weighted by Gasteiger charge is -2.24. The fraction of sp³-hybridized carbons (Fsp3) is 0.263. The van der Waals surface area contributed by atoms with E-state index in [0.29, 0.717) is 16.2 Å². The number of rotatable bonds is 1. The molecule has 1 fully saturated rings. The number of ketones is 2. The Hall–Kier alpha value is -2.11. The molecule has 0 radical (unpaired) electrons. The van der Waals surface area contributed by atoms with E-state index in [1.54, 1.807) is 19.1 Å². The van der Waals surface area contributed by atoms with Crippen LogP contribution in [0.1, 0.15) is 22.8 Å². The van der Waals surface area contributed by atoms with E-state index in [2.05, 4.69) is 5.92 Å². The maximum atomic E-state index is 12.8. The van der Waals surface area contributed by atoms with Gasteiger partial charge in [-0.2, -0.15) is 0 Å². The molecule has 0 amide bonds. The highest BCUT2D eigenvalue weighted by Gasteiger charge is 2.60. The van der Waals surface area contributed by atoms with Crippen LogP contribution >= 0.6 is 11.6 Å². The first-order valence-corrected chi connectivity index (χ1v) is 7.65. The first-order chi connectivity index (χ1) is 10.5. The highest BCUT2D eigenvalue weighted by Crippen LogP contribution is 2.61. The molecule has 4 rings (SSSR count). The maximum Gasteiger partial charge on any atom is 0.193 e. The van der Waals surface area contributed by atoms with Crippen molar-refractivity contribution in [2.45, 2.75) is 6.92 Å². The Morgan fingerprint density at radius 1 is 1.36 bits per heavy atom. The first kappa shape index (κ1) is 13.5. The van der Waals surface area contributed by atoms with Crippen LogP contribution in [0, 0.1) is 36.0 Å². The Morgan fingerprint density at radius 3 is 2.82 bits per heavy atom. The molecule has 0 aliphatic heterocycles. The van der Waals surface area contributed by atoms with Crippen molar-refractivity contribution in [2.75, 3.05) is 0 Å². The Balaban J connectivity index is 1.89. The van der Waals surface area contributed by atoms with Crippen LogP contribution in [-0.4, -0.2) is 11.6 Å². The fourth-order valence-corrected chi connectivity index (χ4v) is 4.15. The van der Waals surface area contributed by atoms with Gasteiger partial charge in [0.05, 0.1) is 0 Å². The van der Waals surface area contributed by atoms with Crippen molar-refractivity contribution in [3.05, 3.63) is 51.6 Å². The number of terminal acetylenes is 1. The molecule has 22 heavy (non-hydrogen) atoms. The summed E-state index contributed by atoms with van der Waals surface area (Å²) < 4.78 is 0. The lowest BCUT2D eigenvalue weighted by atomic mass is 9.78. The molecule has 0 spiro atoms. The van der Waals surface area contributed by atoms with Crippen LogP contribution < -0.4 is 0 Å². The van der Waals surface area contributed by atoms with Crippen LogP contribution in [0.4, 0.5) is 0 Å². The molecule has 3 aliphatic carbocycles. The summed E-state index contributed by atoms with van der Waals surface area (Å²) in [5.41, 5.74) is 3.10. The zero-order chi connectivity index (χ0) is 15.6. The number of hydrogen-bond acceptors (Lipinski definition) is 2. The van der Waals surface area contributed by atoms with Gasteiger partial charge in [-0.3, -0.25) is 9.59 Å². The molecule has 3 aliphatic rings. The van der Waals surface area contributed by atoms with Crippen LogP contribution in [-0.2, 0) is 4.79 Å². The number of fused-ring (bicyclic) bond motifs is 4. The van der Waals surface area contributed by atoms with Crippen molar-refractivity contribution in [2.24, 2.45) is 23.7 Å². The molecule has 0 saturated heterocycles. The van der Waals surface area contributed by atoms with Gasteiger partial charge in [-0.15, -0.1) is 6.42 Å². The topological polar surface area (TPSA) is 34.1 Å². The summed E-state index contributed by atoms with van der Waals surface area (Å²) >= 11 is 6.01. The van der Waals surface area contributed by atoms with Gasteiger partial charge in [-0.25, -0.2) is 0 Å². The average molecular weight is 309 g/mol. The molecule has 0 unspecified atom stereocenters. The van der Waals surface area contributed by atoms with E-state index in [9.17, 15) is 9.59 Å². The molecule has 0 heterocycles. The van der Waals surface area contributed by atoms with E-state index in [1.165, 1.54) is 0 Å².